The van der Waals surface area contributed by atoms with E-state index in [1.807, 2.05) is 25.1 Å². The highest BCUT2D eigenvalue weighted by atomic mass is 32.2. The summed E-state index contributed by atoms with van der Waals surface area (Å²) < 4.78 is 44.3. The number of anilines is 1. The molecule has 1 saturated heterocycles. The van der Waals surface area contributed by atoms with Crippen LogP contribution in [0.4, 0.5) is 5.13 Å². The molecular weight excluding hydrogens is 528 g/mol. The number of thiazole rings is 1. The van der Waals surface area contributed by atoms with Crippen molar-refractivity contribution in [2.45, 2.75) is 11.8 Å². The minimum absolute atomic E-state index is 0.116. The molecule has 0 saturated carbocycles. The molecule has 0 radical (unpaired) electrons. The Morgan fingerprint density at radius 1 is 1.00 bits per heavy atom. The van der Waals surface area contributed by atoms with Crippen LogP contribution in [0.2, 0.25) is 0 Å². The van der Waals surface area contributed by atoms with Crippen LogP contribution in [0, 0.1) is 0 Å². The number of fused-ring (bicyclic) bond motifs is 1. The van der Waals surface area contributed by atoms with Crippen LogP contribution < -0.4 is 9.64 Å². The van der Waals surface area contributed by atoms with Crippen molar-refractivity contribution in [1.82, 2.24) is 14.2 Å². The average molecular weight is 563 g/mol. The second kappa shape index (κ2) is 12.9. The average Bonchev–Trinajstić information content (AvgIpc) is 3.36. The molecule has 2 heterocycles. The molecule has 206 valence electrons. The molecule has 38 heavy (non-hydrogen) atoms. The van der Waals surface area contributed by atoms with E-state index in [0.717, 1.165) is 21.1 Å². The van der Waals surface area contributed by atoms with Crippen LogP contribution in [0.1, 0.15) is 17.3 Å². The molecule has 1 aliphatic heterocycles. The summed E-state index contributed by atoms with van der Waals surface area (Å²) in [6, 6.07) is 12.0. The van der Waals surface area contributed by atoms with E-state index in [9.17, 15) is 13.2 Å². The number of hydrogen-bond acceptors (Lipinski definition) is 9. The van der Waals surface area contributed by atoms with Gasteiger partial charge in [-0.1, -0.05) is 11.3 Å². The number of hydrogen-bond donors (Lipinski definition) is 0. The number of carbonyl (C=O) groups is 1. The summed E-state index contributed by atoms with van der Waals surface area (Å²) in [7, 11) is -0.687. The Bertz CT molecular complexity index is 1310. The second-order valence-electron chi connectivity index (χ2n) is 8.75. The summed E-state index contributed by atoms with van der Waals surface area (Å²) in [5.41, 5.74) is 1.39. The number of methoxy groups -OCH3 is 2. The lowest BCUT2D eigenvalue weighted by Gasteiger charge is -2.34. The second-order valence-corrected chi connectivity index (χ2v) is 11.7. The van der Waals surface area contributed by atoms with Gasteiger partial charge < -0.3 is 24.0 Å². The van der Waals surface area contributed by atoms with Gasteiger partial charge in [-0.25, -0.2) is 13.4 Å². The number of rotatable bonds is 12. The monoisotopic (exact) mass is 562 g/mol. The van der Waals surface area contributed by atoms with Crippen LogP contribution in [0.3, 0.4) is 0 Å². The predicted octanol–water partition coefficient (Wildman–Crippen LogP) is 2.94. The predicted molar refractivity (Wildman–Crippen MR) is 148 cm³/mol. The smallest absolute Gasteiger partial charge is 0.253 e. The first-order valence-electron chi connectivity index (χ1n) is 12.5. The normalized spacial score (nSPS) is 14.4. The molecule has 3 aromatic rings. The Hall–Kier alpha value is -2.77. The maximum atomic E-state index is 13.1. The Morgan fingerprint density at radius 3 is 2.26 bits per heavy atom. The Balaban J connectivity index is 1.38. The molecule has 0 unspecified atom stereocenters. The molecule has 10 nitrogen and oxygen atoms in total. The van der Waals surface area contributed by atoms with Crippen molar-refractivity contribution in [2.24, 2.45) is 0 Å². The number of amides is 1. The van der Waals surface area contributed by atoms with Gasteiger partial charge in [-0.05, 0) is 49.4 Å². The van der Waals surface area contributed by atoms with Crippen LogP contribution in [0.25, 0.3) is 10.2 Å². The van der Waals surface area contributed by atoms with Crippen LogP contribution in [-0.2, 0) is 19.5 Å². The largest absolute Gasteiger partial charge is 0.494 e. The molecule has 0 N–H and O–H groups in total. The molecule has 2 aromatic carbocycles. The summed E-state index contributed by atoms with van der Waals surface area (Å²) in [5, 5.41) is 0.932. The fourth-order valence-electron chi connectivity index (χ4n) is 4.22. The highest BCUT2D eigenvalue weighted by Gasteiger charge is 2.27. The van der Waals surface area contributed by atoms with E-state index < -0.39 is 10.0 Å². The Labute approximate surface area is 227 Å². The van der Waals surface area contributed by atoms with Crippen molar-refractivity contribution >= 4 is 42.6 Å². The van der Waals surface area contributed by atoms with Crippen molar-refractivity contribution in [3.63, 3.8) is 0 Å². The quantitative estimate of drug-likeness (QED) is 0.332. The summed E-state index contributed by atoms with van der Waals surface area (Å²) in [5.74, 6) is 0.719. The summed E-state index contributed by atoms with van der Waals surface area (Å²) in [6.07, 6.45) is 0. The van der Waals surface area contributed by atoms with E-state index in [1.54, 1.807) is 28.4 Å². The molecular formula is C26H34N4O6S2. The van der Waals surface area contributed by atoms with E-state index in [2.05, 4.69) is 4.90 Å². The van der Waals surface area contributed by atoms with Gasteiger partial charge >= 0.3 is 0 Å². The summed E-state index contributed by atoms with van der Waals surface area (Å²) >= 11 is 1.62. The molecule has 4 rings (SSSR count). The molecule has 1 amide bonds. The minimum atomic E-state index is -3.74. The highest BCUT2D eigenvalue weighted by Crippen LogP contribution is 2.32. The molecule has 0 bridgehead atoms. The third kappa shape index (κ3) is 6.44. The number of benzene rings is 2. The van der Waals surface area contributed by atoms with Crippen LogP contribution in [-0.4, -0.2) is 102 Å². The van der Waals surface area contributed by atoms with Gasteiger partial charge in [0, 0.05) is 59.1 Å². The summed E-state index contributed by atoms with van der Waals surface area (Å²) in [4.78, 5) is 22.0. The van der Waals surface area contributed by atoms with Crippen LogP contribution in [0.5, 0.6) is 5.75 Å². The molecule has 12 heteroatoms. The van der Waals surface area contributed by atoms with Gasteiger partial charge in [0.1, 0.15) is 5.75 Å². The first kappa shape index (κ1) is 28.2. The lowest BCUT2D eigenvalue weighted by atomic mass is 10.2. The molecule has 0 atom stereocenters. The standard InChI is InChI=1S/C26H34N4O6S2/c1-4-36-21-7-10-23-24(19-21)37-26(27-23)29-13-11-28(12-14-29)25(31)20-5-8-22(9-6-20)38(32,33)30(15-17-34-2)16-18-35-3/h5-10,19H,4,11-18H2,1-3H3. The Morgan fingerprint density at radius 2 is 1.66 bits per heavy atom. The lowest BCUT2D eigenvalue weighted by molar-refractivity contribution is 0.0746. The van der Waals surface area contributed by atoms with Crippen LogP contribution in [0.15, 0.2) is 47.4 Å². The fourth-order valence-corrected chi connectivity index (χ4v) is 6.68. The number of ether oxygens (including phenoxy) is 3. The number of nitrogens with zero attached hydrogens (tertiary/aromatic N) is 4. The van der Waals surface area contributed by atoms with Gasteiger partial charge in [-0.2, -0.15) is 4.31 Å². The minimum Gasteiger partial charge on any atom is -0.494 e. The molecule has 1 aromatic heterocycles. The number of aromatic nitrogens is 1. The third-order valence-electron chi connectivity index (χ3n) is 6.33. The maximum Gasteiger partial charge on any atom is 0.253 e. The van der Waals surface area contributed by atoms with E-state index in [-0.39, 0.29) is 37.1 Å². The van der Waals surface area contributed by atoms with Gasteiger partial charge in [0.05, 0.1) is 34.9 Å². The van der Waals surface area contributed by atoms with Crippen molar-refractivity contribution in [2.75, 3.05) is 78.2 Å². The van der Waals surface area contributed by atoms with E-state index >= 15 is 0 Å². The number of piperazine rings is 1. The summed E-state index contributed by atoms with van der Waals surface area (Å²) in [6.45, 7) is 6.02. The van der Waals surface area contributed by atoms with Gasteiger partial charge in [-0.15, -0.1) is 0 Å². The molecule has 0 aliphatic carbocycles. The zero-order valence-corrected chi connectivity index (χ0v) is 23.6. The maximum absolute atomic E-state index is 13.1. The van der Waals surface area contributed by atoms with Gasteiger partial charge in [0.15, 0.2) is 5.13 Å². The SMILES string of the molecule is CCOc1ccc2nc(N3CCN(C(=O)c4ccc(S(=O)(=O)N(CCOC)CCOC)cc4)CC3)sc2c1. The molecule has 1 fully saturated rings. The molecule has 0 spiro atoms. The van der Waals surface area contributed by atoms with Crippen molar-refractivity contribution < 1.29 is 27.4 Å². The van der Waals surface area contributed by atoms with Crippen molar-refractivity contribution in [1.29, 1.82) is 0 Å². The third-order valence-corrected chi connectivity index (χ3v) is 9.32. The van der Waals surface area contributed by atoms with Crippen LogP contribution >= 0.6 is 11.3 Å². The van der Waals surface area contributed by atoms with E-state index in [1.165, 1.54) is 30.7 Å². The first-order valence-corrected chi connectivity index (χ1v) is 14.8. The highest BCUT2D eigenvalue weighted by molar-refractivity contribution is 7.89. The van der Waals surface area contributed by atoms with Gasteiger partial charge in [0.2, 0.25) is 10.0 Å². The zero-order valence-electron chi connectivity index (χ0n) is 22.0. The topological polar surface area (TPSA) is 102 Å². The number of carbonyl (C=O) groups excluding carboxylic acids is 1. The van der Waals surface area contributed by atoms with Gasteiger partial charge in [-0.3, -0.25) is 4.79 Å². The van der Waals surface area contributed by atoms with E-state index in [4.69, 9.17) is 19.2 Å². The zero-order chi connectivity index (χ0) is 27.1. The van der Waals surface area contributed by atoms with E-state index in [0.29, 0.717) is 38.3 Å². The van der Waals surface area contributed by atoms with Gasteiger partial charge in [0.25, 0.3) is 5.91 Å². The Kier molecular flexibility index (Phi) is 9.55. The molecule has 1 aliphatic rings. The van der Waals surface area contributed by atoms with Crippen molar-refractivity contribution in [3.8, 4) is 5.75 Å². The van der Waals surface area contributed by atoms with Crippen molar-refractivity contribution in [3.05, 3.63) is 48.0 Å². The lowest BCUT2D eigenvalue weighted by Crippen LogP contribution is -2.48. The first-order chi connectivity index (χ1) is 18.4. The number of sulfonamides is 1. The fraction of sp³-hybridized carbons (Fsp3) is 0.462.